The molecule has 2 aliphatic rings. The number of carbonyl (C=O) groups is 2. The van der Waals surface area contributed by atoms with Crippen molar-refractivity contribution < 1.29 is 24.2 Å². The number of esters is 1. The number of hydrogen-bond acceptors (Lipinski definition) is 4. The smallest absolute Gasteiger partial charge is 0.408 e. The number of carboxylic acid groups (broad SMARTS) is 1. The van der Waals surface area contributed by atoms with Gasteiger partial charge >= 0.3 is 12.1 Å². The van der Waals surface area contributed by atoms with Crippen molar-refractivity contribution in [1.82, 2.24) is 4.90 Å². The van der Waals surface area contributed by atoms with Gasteiger partial charge in [0.05, 0.1) is 19.8 Å². The summed E-state index contributed by atoms with van der Waals surface area (Å²) in [5, 5.41) is 9.39. The first-order valence-electron chi connectivity index (χ1n) is 7.87. The first-order valence-corrected chi connectivity index (χ1v) is 7.87. The van der Waals surface area contributed by atoms with Crippen LogP contribution in [0.3, 0.4) is 0 Å². The lowest BCUT2D eigenvalue weighted by atomic mass is 10.0. The van der Waals surface area contributed by atoms with Crippen LogP contribution in [0.2, 0.25) is 0 Å². The Morgan fingerprint density at radius 1 is 1.30 bits per heavy atom. The minimum Gasteiger partial charge on any atom is -0.465 e. The number of carbonyl (C=O) groups excluding carboxylic acids is 1. The monoisotopic (exact) mass is 319 g/mol. The van der Waals surface area contributed by atoms with Crippen molar-refractivity contribution in [2.24, 2.45) is 5.41 Å². The van der Waals surface area contributed by atoms with Crippen molar-refractivity contribution in [1.29, 1.82) is 0 Å². The highest BCUT2D eigenvalue weighted by atomic mass is 16.5. The fourth-order valence-electron chi connectivity index (χ4n) is 3.50. The van der Waals surface area contributed by atoms with E-state index in [2.05, 4.69) is 0 Å². The minimum absolute atomic E-state index is 0.134. The first kappa shape index (κ1) is 15.8. The van der Waals surface area contributed by atoms with Crippen LogP contribution < -0.4 is 0 Å². The van der Waals surface area contributed by atoms with E-state index in [9.17, 15) is 14.7 Å². The fraction of sp³-hybridized carbons (Fsp3) is 0.529. The molecule has 6 heteroatoms. The molecule has 1 aliphatic heterocycles. The van der Waals surface area contributed by atoms with Crippen molar-refractivity contribution in [2.75, 3.05) is 13.2 Å². The molecule has 0 bridgehead atoms. The third-order valence-corrected chi connectivity index (χ3v) is 4.70. The normalized spacial score (nSPS) is 28.3. The van der Waals surface area contributed by atoms with Crippen LogP contribution in [0.5, 0.6) is 0 Å². The summed E-state index contributed by atoms with van der Waals surface area (Å²) < 4.78 is 10.8. The molecule has 1 N–H and O–H groups in total. The Morgan fingerprint density at radius 3 is 2.70 bits per heavy atom. The van der Waals surface area contributed by atoms with Gasteiger partial charge in [-0.05, 0) is 25.3 Å². The third-order valence-electron chi connectivity index (χ3n) is 4.70. The highest BCUT2D eigenvalue weighted by molar-refractivity contribution is 5.83. The summed E-state index contributed by atoms with van der Waals surface area (Å²) in [6.45, 7) is 2.93. The topological polar surface area (TPSA) is 76.1 Å². The average molecular weight is 319 g/mol. The molecule has 1 heterocycles. The maximum atomic E-state index is 12.0. The van der Waals surface area contributed by atoms with E-state index in [-0.39, 0.29) is 18.1 Å². The van der Waals surface area contributed by atoms with Crippen LogP contribution in [0.15, 0.2) is 30.3 Å². The maximum absolute atomic E-state index is 12.0. The lowest BCUT2D eigenvalue weighted by Gasteiger charge is -2.22. The summed E-state index contributed by atoms with van der Waals surface area (Å²) in [6, 6.07) is 9.00. The summed E-state index contributed by atoms with van der Waals surface area (Å²) in [5.74, 6) is -0.454. The van der Waals surface area contributed by atoms with Crippen LogP contribution >= 0.6 is 0 Å². The number of nitrogens with zero attached hydrogens (tertiary/aromatic N) is 1. The zero-order chi connectivity index (χ0) is 16.4. The molecular weight excluding hydrogens is 298 g/mol. The zero-order valence-corrected chi connectivity index (χ0v) is 13.1. The molecule has 0 aromatic heterocycles. The molecule has 124 valence electrons. The quantitative estimate of drug-likeness (QED) is 0.814. The predicted octanol–water partition coefficient (Wildman–Crippen LogP) is 2.28. The highest BCUT2D eigenvalue weighted by Crippen LogP contribution is 2.59. The van der Waals surface area contributed by atoms with E-state index in [1.807, 2.05) is 30.3 Å². The van der Waals surface area contributed by atoms with Crippen molar-refractivity contribution in [2.45, 2.75) is 38.5 Å². The molecule has 23 heavy (non-hydrogen) atoms. The number of fused-ring (bicyclic) bond motifs is 1. The molecule has 1 aliphatic carbocycles. The largest absolute Gasteiger partial charge is 0.465 e. The molecule has 1 amide bonds. The number of amides is 1. The Labute approximate surface area is 135 Å². The molecule has 3 atom stereocenters. The number of benzene rings is 1. The van der Waals surface area contributed by atoms with E-state index in [0.717, 1.165) is 12.0 Å². The molecule has 1 aromatic rings. The lowest BCUT2D eigenvalue weighted by molar-refractivity contribution is -0.148. The second kappa shape index (κ2) is 6.20. The van der Waals surface area contributed by atoms with Gasteiger partial charge in [0, 0.05) is 11.5 Å². The molecule has 3 unspecified atom stereocenters. The summed E-state index contributed by atoms with van der Waals surface area (Å²) in [5.41, 5.74) is 0.848. The average Bonchev–Trinajstić information content (AvgIpc) is 3.12. The predicted molar refractivity (Wildman–Crippen MR) is 81.8 cm³/mol. The Balaban J connectivity index is 1.60. The second-order valence-corrected chi connectivity index (χ2v) is 6.22. The summed E-state index contributed by atoms with van der Waals surface area (Å²) in [7, 11) is 0. The van der Waals surface area contributed by atoms with Crippen LogP contribution in [0.1, 0.15) is 25.3 Å². The van der Waals surface area contributed by atoms with Crippen molar-refractivity contribution in [3.63, 3.8) is 0 Å². The number of rotatable bonds is 6. The van der Waals surface area contributed by atoms with Gasteiger partial charge < -0.3 is 14.6 Å². The third kappa shape index (κ3) is 3.03. The second-order valence-electron chi connectivity index (χ2n) is 6.22. The molecule has 1 saturated heterocycles. The van der Waals surface area contributed by atoms with Crippen LogP contribution in [-0.4, -0.2) is 47.4 Å². The fourth-order valence-corrected chi connectivity index (χ4v) is 3.50. The maximum Gasteiger partial charge on any atom is 0.408 e. The van der Waals surface area contributed by atoms with Crippen LogP contribution in [-0.2, 0) is 20.9 Å². The van der Waals surface area contributed by atoms with Gasteiger partial charge in [0.1, 0.15) is 6.04 Å². The van der Waals surface area contributed by atoms with E-state index in [4.69, 9.17) is 9.47 Å². The Hall–Kier alpha value is -2.08. The van der Waals surface area contributed by atoms with Gasteiger partial charge in [0.25, 0.3) is 0 Å². The summed E-state index contributed by atoms with van der Waals surface area (Å²) in [4.78, 5) is 24.7. The number of piperidine rings is 1. The Morgan fingerprint density at radius 2 is 2.04 bits per heavy atom. The number of hydrogen-bond donors (Lipinski definition) is 1. The molecular formula is C17H21NO5. The molecule has 3 rings (SSSR count). The van der Waals surface area contributed by atoms with Crippen molar-refractivity contribution >= 4 is 12.1 Å². The Kier molecular flexibility index (Phi) is 4.26. The van der Waals surface area contributed by atoms with Crippen LogP contribution in [0, 0.1) is 5.41 Å². The highest BCUT2D eigenvalue weighted by Gasteiger charge is 2.68. The first-order chi connectivity index (χ1) is 11.1. The SMILES string of the molecule is CCOC(=O)C1CC2(COCc3ccccc3)CC2N1C(=O)O. The molecule has 1 saturated carbocycles. The van der Waals surface area contributed by atoms with Gasteiger partial charge in [-0.3, -0.25) is 4.90 Å². The summed E-state index contributed by atoms with van der Waals surface area (Å²) >= 11 is 0. The minimum atomic E-state index is -1.06. The van der Waals surface area contributed by atoms with Crippen LogP contribution in [0.4, 0.5) is 4.79 Å². The zero-order valence-electron chi connectivity index (χ0n) is 13.1. The molecule has 6 nitrogen and oxygen atoms in total. The van der Waals surface area contributed by atoms with Crippen LogP contribution in [0.25, 0.3) is 0 Å². The van der Waals surface area contributed by atoms with E-state index >= 15 is 0 Å². The van der Waals surface area contributed by atoms with E-state index in [1.54, 1.807) is 6.92 Å². The molecule has 1 aromatic carbocycles. The molecule has 0 spiro atoms. The summed E-state index contributed by atoms with van der Waals surface area (Å²) in [6.07, 6.45) is 0.178. The van der Waals surface area contributed by atoms with Gasteiger partial charge in [0.15, 0.2) is 0 Å². The molecule has 2 fully saturated rings. The Bertz CT molecular complexity index is 590. The van der Waals surface area contributed by atoms with Crippen molar-refractivity contribution in [3.8, 4) is 0 Å². The van der Waals surface area contributed by atoms with Gasteiger partial charge in [-0.2, -0.15) is 0 Å². The lowest BCUT2D eigenvalue weighted by Crippen LogP contribution is -2.43. The number of ether oxygens (including phenoxy) is 2. The van der Waals surface area contributed by atoms with E-state index in [0.29, 0.717) is 19.6 Å². The van der Waals surface area contributed by atoms with E-state index < -0.39 is 18.1 Å². The van der Waals surface area contributed by atoms with Gasteiger partial charge in [-0.15, -0.1) is 0 Å². The standard InChI is InChI=1S/C17H21NO5/c1-2-23-15(19)13-8-17(9-14(17)18(13)16(20)21)11-22-10-12-6-4-3-5-7-12/h3-7,13-14H,2,8-11H2,1H3,(H,20,21). The van der Waals surface area contributed by atoms with Gasteiger partial charge in [-0.1, -0.05) is 30.3 Å². The van der Waals surface area contributed by atoms with E-state index in [1.165, 1.54) is 4.90 Å². The van der Waals surface area contributed by atoms with Gasteiger partial charge in [0.2, 0.25) is 0 Å². The van der Waals surface area contributed by atoms with Crippen molar-refractivity contribution in [3.05, 3.63) is 35.9 Å². The molecule has 0 radical (unpaired) electrons. The number of likely N-dealkylation sites (tertiary alicyclic amines) is 1. The van der Waals surface area contributed by atoms with Gasteiger partial charge in [-0.25, -0.2) is 9.59 Å².